The number of aliphatic hydroxyl groups excluding tert-OH is 2. The molecule has 0 amide bonds. The summed E-state index contributed by atoms with van der Waals surface area (Å²) in [7, 11) is 0. The van der Waals surface area contributed by atoms with Gasteiger partial charge in [0.05, 0.1) is 19.3 Å². The van der Waals surface area contributed by atoms with Crippen molar-refractivity contribution in [1.29, 1.82) is 0 Å². The normalized spacial score (nSPS) is 12.7. The molecule has 0 radical (unpaired) electrons. The monoisotopic (exact) mass is 497 g/mol. The van der Waals surface area contributed by atoms with Gasteiger partial charge in [0.25, 0.3) is 0 Å². The van der Waals surface area contributed by atoms with E-state index < -0.39 is 6.10 Å². The van der Waals surface area contributed by atoms with E-state index in [0.717, 1.165) is 33.9 Å². The third kappa shape index (κ3) is 7.20. The number of benzene rings is 4. The van der Waals surface area contributed by atoms with Crippen molar-refractivity contribution in [3.05, 3.63) is 108 Å². The fourth-order valence-electron chi connectivity index (χ4n) is 3.97. The van der Waals surface area contributed by atoms with Crippen LogP contribution in [0.4, 0.5) is 17.1 Å². The van der Waals surface area contributed by atoms with Crippen LogP contribution >= 0.6 is 0 Å². The number of aliphatic hydroxyl groups is 2. The van der Waals surface area contributed by atoms with Crippen molar-refractivity contribution in [1.82, 2.24) is 0 Å². The molecule has 0 heterocycles. The van der Waals surface area contributed by atoms with Crippen LogP contribution < -0.4 is 9.64 Å². The molecule has 4 aromatic carbocycles. The molecule has 0 saturated heterocycles. The molecule has 37 heavy (non-hydrogen) atoms. The smallest absolute Gasteiger partial charge is 0.119 e. The van der Waals surface area contributed by atoms with Crippen molar-refractivity contribution < 1.29 is 19.7 Å². The number of nitrogens with zero attached hydrogens (tertiary/aromatic N) is 1. The van der Waals surface area contributed by atoms with Gasteiger partial charge in [-0.3, -0.25) is 0 Å². The highest BCUT2D eigenvalue weighted by Crippen LogP contribution is 2.36. The molecule has 2 atom stereocenters. The van der Waals surface area contributed by atoms with E-state index in [4.69, 9.17) is 14.6 Å². The van der Waals surface area contributed by atoms with Crippen molar-refractivity contribution in [2.45, 2.75) is 33.0 Å². The molecule has 0 bridgehead atoms. The Balaban J connectivity index is 1.46. The molecule has 192 valence electrons. The molecule has 0 fully saturated rings. The van der Waals surface area contributed by atoms with Crippen LogP contribution in [-0.4, -0.2) is 42.2 Å². The van der Waals surface area contributed by atoms with E-state index in [2.05, 4.69) is 91.5 Å². The third-order valence-corrected chi connectivity index (χ3v) is 6.17. The molecule has 0 aliphatic carbocycles. The van der Waals surface area contributed by atoms with Crippen LogP contribution in [0.25, 0.3) is 11.1 Å². The first kappa shape index (κ1) is 26.4. The van der Waals surface area contributed by atoms with Gasteiger partial charge in [-0.25, -0.2) is 0 Å². The van der Waals surface area contributed by atoms with E-state index >= 15 is 0 Å². The highest BCUT2D eigenvalue weighted by Gasteiger charge is 2.13. The Morgan fingerprint density at radius 1 is 0.649 bits per heavy atom. The quantitative estimate of drug-likeness (QED) is 0.245. The van der Waals surface area contributed by atoms with E-state index in [1.807, 2.05) is 31.2 Å². The van der Waals surface area contributed by atoms with Crippen molar-refractivity contribution >= 4 is 17.1 Å². The van der Waals surface area contributed by atoms with Crippen LogP contribution in [0.1, 0.15) is 18.1 Å². The van der Waals surface area contributed by atoms with Gasteiger partial charge in [0.1, 0.15) is 18.5 Å². The molecule has 5 heteroatoms. The van der Waals surface area contributed by atoms with Crippen LogP contribution in [0.5, 0.6) is 5.75 Å². The summed E-state index contributed by atoms with van der Waals surface area (Å²) in [4.78, 5) is 2.27. The molecular formula is C32H35NO4. The zero-order chi connectivity index (χ0) is 26.2. The second-order valence-electron chi connectivity index (χ2n) is 9.37. The van der Waals surface area contributed by atoms with E-state index in [1.54, 1.807) is 0 Å². The van der Waals surface area contributed by atoms with Crippen LogP contribution in [0, 0.1) is 13.8 Å². The zero-order valence-electron chi connectivity index (χ0n) is 21.7. The Morgan fingerprint density at radius 2 is 1.08 bits per heavy atom. The number of anilines is 3. The molecule has 0 aromatic heterocycles. The van der Waals surface area contributed by atoms with Crippen molar-refractivity contribution in [3.63, 3.8) is 0 Å². The Kier molecular flexibility index (Phi) is 8.96. The fourth-order valence-corrected chi connectivity index (χ4v) is 3.97. The molecule has 0 saturated carbocycles. The predicted molar refractivity (Wildman–Crippen MR) is 150 cm³/mol. The Hall–Kier alpha value is -3.64. The number of hydrogen-bond donors (Lipinski definition) is 2. The summed E-state index contributed by atoms with van der Waals surface area (Å²) in [6.45, 7) is 6.21. The zero-order valence-corrected chi connectivity index (χ0v) is 21.7. The first-order valence-corrected chi connectivity index (χ1v) is 12.6. The van der Waals surface area contributed by atoms with E-state index in [1.165, 1.54) is 11.1 Å². The lowest BCUT2D eigenvalue weighted by Gasteiger charge is -2.26. The number of aryl methyl sites for hydroxylation is 2. The lowest BCUT2D eigenvalue weighted by molar-refractivity contribution is -0.0353. The number of rotatable bonds is 11. The molecule has 0 spiro atoms. The molecule has 4 rings (SSSR count). The summed E-state index contributed by atoms with van der Waals surface area (Å²) < 4.78 is 11.3. The highest BCUT2D eigenvalue weighted by atomic mass is 16.5. The molecule has 0 aliphatic heterocycles. The van der Waals surface area contributed by atoms with Crippen molar-refractivity contribution in [2.75, 3.05) is 24.7 Å². The first-order chi connectivity index (χ1) is 17.9. The SMILES string of the molecule is Cc1ccc(N(c2ccc(C)cc2)c2ccc(-c3ccc(OCC(C)OCC(O)CO)cc3)cc2)cc1. The van der Waals surface area contributed by atoms with Crippen LogP contribution in [-0.2, 0) is 4.74 Å². The molecule has 2 N–H and O–H groups in total. The van der Waals surface area contributed by atoms with E-state index in [0.29, 0.717) is 6.61 Å². The minimum Gasteiger partial charge on any atom is -0.491 e. The van der Waals surface area contributed by atoms with Gasteiger partial charge in [-0.2, -0.15) is 0 Å². The topological polar surface area (TPSA) is 62.2 Å². The fraction of sp³-hybridized carbons (Fsp3) is 0.250. The van der Waals surface area contributed by atoms with Gasteiger partial charge in [0.2, 0.25) is 0 Å². The summed E-state index contributed by atoms with van der Waals surface area (Å²) in [5.74, 6) is 0.753. The average Bonchev–Trinajstić information content (AvgIpc) is 2.93. The van der Waals surface area contributed by atoms with Gasteiger partial charge < -0.3 is 24.6 Å². The third-order valence-electron chi connectivity index (χ3n) is 6.17. The largest absolute Gasteiger partial charge is 0.491 e. The Labute approximate surface area is 219 Å². The van der Waals surface area contributed by atoms with E-state index in [9.17, 15) is 5.11 Å². The van der Waals surface area contributed by atoms with Crippen LogP contribution in [0.15, 0.2) is 97.1 Å². The summed E-state index contributed by atoms with van der Waals surface area (Å²) in [5, 5.41) is 18.3. The molecule has 5 nitrogen and oxygen atoms in total. The Bertz CT molecular complexity index is 1190. The molecule has 0 aliphatic rings. The molecule has 4 aromatic rings. The van der Waals surface area contributed by atoms with Crippen molar-refractivity contribution in [2.24, 2.45) is 0 Å². The highest BCUT2D eigenvalue weighted by molar-refractivity contribution is 5.78. The number of ether oxygens (including phenoxy) is 2. The maximum atomic E-state index is 9.40. The minimum absolute atomic E-state index is 0.0845. The number of hydrogen-bond acceptors (Lipinski definition) is 5. The standard InChI is InChI=1S/C32H35NO4/c1-23-4-12-28(13-5-23)33(29-14-6-24(2)7-15-29)30-16-8-26(9-17-30)27-10-18-32(19-11-27)37-21-25(3)36-22-31(35)20-34/h4-19,25,31,34-35H,20-22H2,1-3H3. The summed E-state index contributed by atoms with van der Waals surface area (Å²) >= 11 is 0. The minimum atomic E-state index is -0.867. The summed E-state index contributed by atoms with van der Waals surface area (Å²) in [6, 6.07) is 33.7. The maximum Gasteiger partial charge on any atom is 0.119 e. The first-order valence-electron chi connectivity index (χ1n) is 12.6. The maximum absolute atomic E-state index is 9.40. The van der Waals surface area contributed by atoms with Gasteiger partial charge in [0, 0.05) is 17.1 Å². The average molecular weight is 498 g/mol. The van der Waals surface area contributed by atoms with Gasteiger partial charge in [0.15, 0.2) is 0 Å². The second-order valence-corrected chi connectivity index (χ2v) is 9.37. The van der Waals surface area contributed by atoms with E-state index in [-0.39, 0.29) is 19.3 Å². The lowest BCUT2D eigenvalue weighted by atomic mass is 10.0. The molecule has 2 unspecified atom stereocenters. The summed E-state index contributed by atoms with van der Waals surface area (Å²) in [6.07, 6.45) is -1.06. The summed E-state index contributed by atoms with van der Waals surface area (Å²) in [5.41, 5.74) is 8.03. The van der Waals surface area contributed by atoms with Crippen LogP contribution in [0.2, 0.25) is 0 Å². The predicted octanol–water partition coefficient (Wildman–Crippen LogP) is 6.58. The van der Waals surface area contributed by atoms with Gasteiger partial charge in [-0.1, -0.05) is 59.7 Å². The van der Waals surface area contributed by atoms with Crippen LogP contribution in [0.3, 0.4) is 0 Å². The second kappa shape index (κ2) is 12.5. The van der Waals surface area contributed by atoms with Gasteiger partial charge >= 0.3 is 0 Å². The lowest BCUT2D eigenvalue weighted by Crippen LogP contribution is -2.26. The van der Waals surface area contributed by atoms with Gasteiger partial charge in [-0.15, -0.1) is 0 Å². The molecular weight excluding hydrogens is 462 g/mol. The Morgan fingerprint density at radius 3 is 1.54 bits per heavy atom. The van der Waals surface area contributed by atoms with Crippen molar-refractivity contribution in [3.8, 4) is 16.9 Å². The van der Waals surface area contributed by atoms with Gasteiger partial charge in [-0.05, 0) is 80.4 Å².